The van der Waals surface area contributed by atoms with Gasteiger partial charge in [-0.3, -0.25) is 4.79 Å². The molecule has 0 radical (unpaired) electrons. The van der Waals surface area contributed by atoms with E-state index >= 15 is 0 Å². The maximum Gasteiger partial charge on any atom is 0.267 e. The minimum Gasteiger partial charge on any atom is -0.494 e. The fourth-order valence-corrected chi connectivity index (χ4v) is 3.66. The SMILES string of the molecule is CCOc1ccc(-c2cccc3[nH]c(C(=O)NC4CCNCC4)cc23)cc1. The van der Waals surface area contributed by atoms with E-state index in [9.17, 15) is 4.79 Å². The van der Waals surface area contributed by atoms with Crippen LogP contribution in [0.25, 0.3) is 22.0 Å². The van der Waals surface area contributed by atoms with E-state index < -0.39 is 0 Å². The van der Waals surface area contributed by atoms with Gasteiger partial charge in [0, 0.05) is 16.9 Å². The molecule has 4 rings (SSSR count). The van der Waals surface area contributed by atoms with Gasteiger partial charge < -0.3 is 20.4 Å². The van der Waals surface area contributed by atoms with E-state index in [-0.39, 0.29) is 11.9 Å². The Morgan fingerprint density at radius 2 is 1.93 bits per heavy atom. The lowest BCUT2D eigenvalue weighted by Crippen LogP contribution is -2.42. The van der Waals surface area contributed by atoms with Crippen LogP contribution in [0.4, 0.5) is 0 Å². The Kier molecular flexibility index (Phi) is 5.12. The molecule has 2 aromatic carbocycles. The highest BCUT2D eigenvalue weighted by molar-refractivity contribution is 6.03. The number of amides is 1. The summed E-state index contributed by atoms with van der Waals surface area (Å²) < 4.78 is 5.53. The molecule has 0 bridgehead atoms. The molecule has 0 unspecified atom stereocenters. The van der Waals surface area contributed by atoms with Gasteiger partial charge in [0.05, 0.1) is 6.61 Å². The molecule has 2 heterocycles. The number of aromatic amines is 1. The van der Waals surface area contributed by atoms with Crippen molar-refractivity contribution in [1.82, 2.24) is 15.6 Å². The van der Waals surface area contributed by atoms with E-state index in [0.29, 0.717) is 12.3 Å². The molecule has 0 spiro atoms. The third kappa shape index (κ3) is 3.83. The highest BCUT2D eigenvalue weighted by atomic mass is 16.5. The maximum absolute atomic E-state index is 12.7. The van der Waals surface area contributed by atoms with Crippen LogP contribution < -0.4 is 15.4 Å². The minimum atomic E-state index is -0.0317. The first kappa shape index (κ1) is 17.6. The molecule has 1 saturated heterocycles. The van der Waals surface area contributed by atoms with Gasteiger partial charge in [0.2, 0.25) is 0 Å². The first-order valence-corrected chi connectivity index (χ1v) is 9.61. The third-order valence-corrected chi connectivity index (χ3v) is 5.06. The highest BCUT2D eigenvalue weighted by Gasteiger charge is 2.18. The number of carbonyl (C=O) groups excluding carboxylic acids is 1. The van der Waals surface area contributed by atoms with Gasteiger partial charge in [0.25, 0.3) is 5.91 Å². The monoisotopic (exact) mass is 363 g/mol. The number of ether oxygens (including phenoxy) is 1. The molecule has 5 heteroatoms. The van der Waals surface area contributed by atoms with Crippen LogP contribution in [0.3, 0.4) is 0 Å². The standard InChI is InChI=1S/C22H25N3O2/c1-2-27-17-8-6-15(7-9-17)18-4-3-5-20-19(18)14-21(25-20)22(26)24-16-10-12-23-13-11-16/h3-9,14,16,23,25H,2,10-13H2,1H3,(H,24,26). The van der Waals surface area contributed by atoms with Gasteiger partial charge in [-0.2, -0.15) is 0 Å². The summed E-state index contributed by atoms with van der Waals surface area (Å²) in [6, 6.07) is 16.4. The number of H-pyrrole nitrogens is 1. The van der Waals surface area contributed by atoms with E-state index in [4.69, 9.17) is 4.74 Å². The normalized spacial score (nSPS) is 15.0. The molecule has 1 fully saturated rings. The topological polar surface area (TPSA) is 66.2 Å². The first-order chi connectivity index (χ1) is 13.2. The van der Waals surface area contributed by atoms with Crippen LogP contribution >= 0.6 is 0 Å². The molecule has 1 aliphatic heterocycles. The van der Waals surface area contributed by atoms with E-state index in [2.05, 4.69) is 33.8 Å². The Hall–Kier alpha value is -2.79. The zero-order valence-electron chi connectivity index (χ0n) is 15.5. The van der Waals surface area contributed by atoms with Crippen molar-refractivity contribution < 1.29 is 9.53 Å². The molecule has 3 N–H and O–H groups in total. The predicted octanol–water partition coefficient (Wildman–Crippen LogP) is 3.72. The second-order valence-corrected chi connectivity index (χ2v) is 6.90. The van der Waals surface area contributed by atoms with Crippen molar-refractivity contribution in [2.75, 3.05) is 19.7 Å². The first-order valence-electron chi connectivity index (χ1n) is 9.61. The highest BCUT2D eigenvalue weighted by Crippen LogP contribution is 2.30. The molecule has 1 amide bonds. The van der Waals surface area contributed by atoms with Crippen LogP contribution in [0.2, 0.25) is 0 Å². The van der Waals surface area contributed by atoms with Crippen LogP contribution in [0.15, 0.2) is 48.5 Å². The summed E-state index contributed by atoms with van der Waals surface area (Å²) in [5, 5.41) is 7.52. The van der Waals surface area contributed by atoms with Gasteiger partial charge in [-0.25, -0.2) is 0 Å². The number of hydrogen-bond donors (Lipinski definition) is 3. The number of fused-ring (bicyclic) bond motifs is 1. The van der Waals surface area contributed by atoms with Crippen LogP contribution in [0, 0.1) is 0 Å². The Morgan fingerprint density at radius 1 is 1.15 bits per heavy atom. The van der Waals surface area contributed by atoms with Crippen molar-refractivity contribution >= 4 is 16.8 Å². The number of hydrogen-bond acceptors (Lipinski definition) is 3. The summed E-state index contributed by atoms with van der Waals surface area (Å²) in [5.74, 6) is 0.834. The molecule has 5 nitrogen and oxygen atoms in total. The molecule has 27 heavy (non-hydrogen) atoms. The van der Waals surface area contributed by atoms with Crippen LogP contribution in [-0.4, -0.2) is 36.6 Å². The average molecular weight is 363 g/mol. The number of aromatic nitrogens is 1. The zero-order valence-corrected chi connectivity index (χ0v) is 15.5. The minimum absolute atomic E-state index is 0.0317. The van der Waals surface area contributed by atoms with Crippen molar-refractivity contribution in [3.05, 3.63) is 54.2 Å². The van der Waals surface area contributed by atoms with Gasteiger partial charge >= 0.3 is 0 Å². The second kappa shape index (κ2) is 7.84. The average Bonchev–Trinajstić information content (AvgIpc) is 3.14. The van der Waals surface area contributed by atoms with Crippen molar-refractivity contribution in [3.8, 4) is 16.9 Å². The predicted molar refractivity (Wildman–Crippen MR) is 108 cm³/mol. The third-order valence-electron chi connectivity index (χ3n) is 5.06. The lowest BCUT2D eigenvalue weighted by Gasteiger charge is -2.23. The number of rotatable bonds is 5. The summed E-state index contributed by atoms with van der Waals surface area (Å²) in [7, 11) is 0. The van der Waals surface area contributed by atoms with E-state index in [0.717, 1.165) is 53.7 Å². The van der Waals surface area contributed by atoms with Gasteiger partial charge in [-0.15, -0.1) is 0 Å². The molecule has 140 valence electrons. The summed E-state index contributed by atoms with van der Waals surface area (Å²) in [6.07, 6.45) is 1.95. The number of nitrogens with one attached hydrogen (secondary N) is 3. The molecule has 3 aromatic rings. The molecular formula is C22H25N3O2. The lowest BCUT2D eigenvalue weighted by molar-refractivity contribution is 0.0925. The van der Waals surface area contributed by atoms with Crippen LogP contribution in [-0.2, 0) is 0 Å². The second-order valence-electron chi connectivity index (χ2n) is 6.90. The van der Waals surface area contributed by atoms with Crippen molar-refractivity contribution in [1.29, 1.82) is 0 Å². The Morgan fingerprint density at radius 3 is 2.67 bits per heavy atom. The fraction of sp³-hybridized carbons (Fsp3) is 0.318. The number of piperidine rings is 1. The summed E-state index contributed by atoms with van der Waals surface area (Å²) in [4.78, 5) is 15.9. The largest absolute Gasteiger partial charge is 0.494 e. The van der Waals surface area contributed by atoms with Crippen LogP contribution in [0.1, 0.15) is 30.3 Å². The molecule has 0 aliphatic carbocycles. The summed E-state index contributed by atoms with van der Waals surface area (Å²) in [6.45, 7) is 4.55. The van der Waals surface area contributed by atoms with Gasteiger partial charge in [-0.05, 0) is 68.2 Å². The van der Waals surface area contributed by atoms with Gasteiger partial charge in [0.15, 0.2) is 0 Å². The van der Waals surface area contributed by atoms with Gasteiger partial charge in [-0.1, -0.05) is 24.3 Å². The quantitative estimate of drug-likeness (QED) is 0.647. The number of benzene rings is 2. The van der Waals surface area contributed by atoms with E-state index in [1.807, 2.05) is 37.3 Å². The van der Waals surface area contributed by atoms with E-state index in [1.54, 1.807) is 0 Å². The molecular weight excluding hydrogens is 338 g/mol. The van der Waals surface area contributed by atoms with Crippen molar-refractivity contribution in [3.63, 3.8) is 0 Å². The molecule has 0 atom stereocenters. The molecule has 1 aromatic heterocycles. The fourth-order valence-electron chi connectivity index (χ4n) is 3.66. The lowest BCUT2D eigenvalue weighted by atomic mass is 10.0. The zero-order chi connectivity index (χ0) is 18.6. The summed E-state index contributed by atoms with van der Waals surface area (Å²) >= 11 is 0. The number of carbonyl (C=O) groups is 1. The van der Waals surface area contributed by atoms with Crippen LogP contribution in [0.5, 0.6) is 5.75 Å². The smallest absolute Gasteiger partial charge is 0.267 e. The van der Waals surface area contributed by atoms with Crippen molar-refractivity contribution in [2.24, 2.45) is 0 Å². The molecule has 0 saturated carbocycles. The van der Waals surface area contributed by atoms with E-state index in [1.165, 1.54) is 0 Å². The Balaban J connectivity index is 1.60. The Bertz CT molecular complexity index is 924. The van der Waals surface area contributed by atoms with Gasteiger partial charge in [0.1, 0.15) is 11.4 Å². The molecule has 1 aliphatic rings. The maximum atomic E-state index is 12.7. The van der Waals surface area contributed by atoms with Crippen molar-refractivity contribution in [2.45, 2.75) is 25.8 Å². The summed E-state index contributed by atoms with van der Waals surface area (Å²) in [5.41, 5.74) is 3.79. The Labute approximate surface area is 159 Å².